The predicted octanol–water partition coefficient (Wildman–Crippen LogP) is 5.44. The molecule has 124 valence electrons. The number of nitrogens with one attached hydrogen (secondary N) is 1. The molecular weight excluding hydrogens is 356 g/mol. The van der Waals surface area contributed by atoms with Gasteiger partial charge in [0.15, 0.2) is 0 Å². The van der Waals surface area contributed by atoms with E-state index in [2.05, 4.69) is 32.5 Å². The molecule has 0 radical (unpaired) electrons. The van der Waals surface area contributed by atoms with Gasteiger partial charge in [-0.05, 0) is 43.0 Å². The van der Waals surface area contributed by atoms with E-state index in [0.29, 0.717) is 0 Å². The number of benzene rings is 1. The summed E-state index contributed by atoms with van der Waals surface area (Å²) in [6, 6.07) is 9.93. The van der Waals surface area contributed by atoms with Crippen molar-refractivity contribution < 1.29 is 4.79 Å². The van der Waals surface area contributed by atoms with Gasteiger partial charge >= 0.3 is 0 Å². The summed E-state index contributed by atoms with van der Waals surface area (Å²) in [5, 5.41) is 10.1. The highest BCUT2D eigenvalue weighted by Crippen LogP contribution is 2.28. The van der Waals surface area contributed by atoms with Crippen LogP contribution in [0.4, 0.5) is 5.69 Å². The van der Waals surface area contributed by atoms with E-state index in [0.717, 1.165) is 27.7 Å². The quantitative estimate of drug-likeness (QED) is 0.624. The molecular formula is C18H18N2OS3. The lowest BCUT2D eigenvalue weighted by atomic mass is 10.2. The summed E-state index contributed by atoms with van der Waals surface area (Å²) in [6.45, 7) is 3.95. The van der Waals surface area contributed by atoms with Gasteiger partial charge in [-0.2, -0.15) is 11.3 Å². The van der Waals surface area contributed by atoms with Crippen LogP contribution in [0.15, 0.2) is 46.5 Å². The molecule has 3 aromatic rings. The van der Waals surface area contributed by atoms with Crippen molar-refractivity contribution in [2.45, 2.75) is 24.9 Å². The van der Waals surface area contributed by atoms with Gasteiger partial charge in [0.05, 0.1) is 10.9 Å². The summed E-state index contributed by atoms with van der Waals surface area (Å²) in [5.41, 5.74) is 4.19. The highest BCUT2D eigenvalue weighted by molar-refractivity contribution is 7.99. The zero-order valence-electron chi connectivity index (χ0n) is 13.5. The smallest absolute Gasteiger partial charge is 0.237 e. The monoisotopic (exact) mass is 374 g/mol. The minimum atomic E-state index is -0.128. The van der Waals surface area contributed by atoms with Crippen LogP contribution in [0.5, 0.6) is 0 Å². The van der Waals surface area contributed by atoms with Gasteiger partial charge in [-0.25, -0.2) is 4.98 Å². The molecule has 0 aliphatic rings. The van der Waals surface area contributed by atoms with Crippen molar-refractivity contribution in [1.29, 1.82) is 0 Å². The average Bonchev–Trinajstić information content (AvgIpc) is 3.23. The van der Waals surface area contributed by atoms with Crippen molar-refractivity contribution in [2.75, 3.05) is 5.32 Å². The van der Waals surface area contributed by atoms with Gasteiger partial charge in [0, 0.05) is 27.8 Å². The lowest BCUT2D eigenvalue weighted by Crippen LogP contribution is -2.22. The molecule has 24 heavy (non-hydrogen) atoms. The van der Waals surface area contributed by atoms with Crippen molar-refractivity contribution in [3.05, 3.63) is 57.7 Å². The van der Waals surface area contributed by atoms with E-state index < -0.39 is 0 Å². The third-order valence-corrected chi connectivity index (χ3v) is 6.26. The van der Waals surface area contributed by atoms with Crippen molar-refractivity contribution >= 4 is 46.0 Å². The number of nitrogens with zero attached hydrogens (tertiary/aromatic N) is 1. The van der Waals surface area contributed by atoms with E-state index >= 15 is 0 Å². The van der Waals surface area contributed by atoms with Crippen LogP contribution in [-0.2, 0) is 10.5 Å². The first-order valence-electron chi connectivity index (χ1n) is 7.58. The first-order chi connectivity index (χ1) is 11.6. The van der Waals surface area contributed by atoms with Gasteiger partial charge in [-0.3, -0.25) is 4.79 Å². The molecule has 0 bridgehead atoms. The first-order valence-corrected chi connectivity index (χ1v) is 10.4. The molecule has 2 aromatic heterocycles. The molecule has 6 heteroatoms. The number of carbonyl (C=O) groups is 1. The fourth-order valence-corrected chi connectivity index (χ4v) is 4.56. The minimum absolute atomic E-state index is 0.0267. The zero-order chi connectivity index (χ0) is 16.9. The summed E-state index contributed by atoms with van der Waals surface area (Å²) in [5.74, 6) is 0.766. The molecule has 0 fully saturated rings. The number of carbonyl (C=O) groups excluding carboxylic acids is 1. The second-order valence-electron chi connectivity index (χ2n) is 5.47. The van der Waals surface area contributed by atoms with E-state index in [9.17, 15) is 4.79 Å². The molecule has 3 rings (SSSR count). The van der Waals surface area contributed by atoms with E-state index in [-0.39, 0.29) is 11.2 Å². The van der Waals surface area contributed by atoms with Crippen LogP contribution < -0.4 is 5.32 Å². The molecule has 1 atom stereocenters. The third kappa shape index (κ3) is 4.47. The Balaban J connectivity index is 1.53. The molecule has 0 aliphatic carbocycles. The number of aryl methyl sites for hydroxylation is 1. The summed E-state index contributed by atoms with van der Waals surface area (Å²) >= 11 is 4.94. The second kappa shape index (κ2) is 7.96. The van der Waals surface area contributed by atoms with E-state index in [1.165, 1.54) is 5.56 Å². The summed E-state index contributed by atoms with van der Waals surface area (Å²) in [6.07, 6.45) is 0. The Bertz CT molecular complexity index is 811. The van der Waals surface area contributed by atoms with Gasteiger partial charge in [0.1, 0.15) is 5.01 Å². The largest absolute Gasteiger partial charge is 0.325 e. The van der Waals surface area contributed by atoms with Crippen LogP contribution >= 0.6 is 34.4 Å². The fraction of sp³-hybridized carbons (Fsp3) is 0.222. The number of anilines is 1. The van der Waals surface area contributed by atoms with Crippen molar-refractivity contribution in [1.82, 2.24) is 4.98 Å². The predicted molar refractivity (Wildman–Crippen MR) is 106 cm³/mol. The Morgan fingerprint density at radius 1 is 1.33 bits per heavy atom. The number of hydrogen-bond acceptors (Lipinski definition) is 5. The Hall–Kier alpha value is -1.63. The Kier molecular flexibility index (Phi) is 5.71. The van der Waals surface area contributed by atoms with Crippen LogP contribution in [0.25, 0.3) is 10.6 Å². The van der Waals surface area contributed by atoms with Gasteiger partial charge in [0.25, 0.3) is 0 Å². The van der Waals surface area contributed by atoms with Crippen molar-refractivity contribution in [2.24, 2.45) is 0 Å². The van der Waals surface area contributed by atoms with E-state index in [1.54, 1.807) is 34.4 Å². The van der Waals surface area contributed by atoms with Crippen LogP contribution in [0.2, 0.25) is 0 Å². The molecule has 3 nitrogen and oxygen atoms in total. The molecule has 0 aliphatic heterocycles. The van der Waals surface area contributed by atoms with Gasteiger partial charge in [-0.1, -0.05) is 12.1 Å². The van der Waals surface area contributed by atoms with Gasteiger partial charge in [-0.15, -0.1) is 23.1 Å². The molecule has 1 amide bonds. The highest BCUT2D eigenvalue weighted by atomic mass is 32.2. The summed E-state index contributed by atoms with van der Waals surface area (Å²) in [7, 11) is 0. The molecule has 1 unspecified atom stereocenters. The van der Waals surface area contributed by atoms with Gasteiger partial charge in [0.2, 0.25) is 5.91 Å². The molecule has 0 spiro atoms. The number of amides is 1. The summed E-state index contributed by atoms with van der Waals surface area (Å²) in [4.78, 5) is 16.9. The molecule has 1 N–H and O–H groups in total. The van der Waals surface area contributed by atoms with Crippen molar-refractivity contribution in [3.63, 3.8) is 0 Å². The Morgan fingerprint density at radius 2 is 2.21 bits per heavy atom. The van der Waals surface area contributed by atoms with Crippen LogP contribution in [0.1, 0.15) is 18.2 Å². The number of thiazole rings is 1. The first kappa shape index (κ1) is 17.2. The number of hydrogen-bond donors (Lipinski definition) is 1. The van der Waals surface area contributed by atoms with Crippen LogP contribution in [-0.4, -0.2) is 16.1 Å². The van der Waals surface area contributed by atoms with Crippen LogP contribution in [0.3, 0.4) is 0 Å². The molecule has 1 aromatic carbocycles. The summed E-state index contributed by atoms with van der Waals surface area (Å²) < 4.78 is 0. The maximum Gasteiger partial charge on any atom is 0.237 e. The highest BCUT2D eigenvalue weighted by Gasteiger charge is 2.15. The number of rotatable bonds is 6. The lowest BCUT2D eigenvalue weighted by Gasteiger charge is -2.11. The number of thioether (sulfide) groups is 1. The normalized spacial score (nSPS) is 12.1. The maximum absolute atomic E-state index is 12.3. The van der Waals surface area contributed by atoms with Crippen LogP contribution in [0, 0.1) is 6.92 Å². The second-order valence-corrected chi connectivity index (χ2v) is 8.44. The molecule has 0 saturated heterocycles. The average molecular weight is 375 g/mol. The number of thiophene rings is 1. The Morgan fingerprint density at radius 3 is 2.96 bits per heavy atom. The van der Waals surface area contributed by atoms with E-state index in [4.69, 9.17) is 0 Å². The minimum Gasteiger partial charge on any atom is -0.325 e. The maximum atomic E-state index is 12.3. The molecule has 0 saturated carbocycles. The van der Waals surface area contributed by atoms with E-state index in [1.807, 2.05) is 38.1 Å². The molecule has 2 heterocycles. The van der Waals surface area contributed by atoms with Crippen molar-refractivity contribution in [3.8, 4) is 10.6 Å². The zero-order valence-corrected chi connectivity index (χ0v) is 15.9. The third-order valence-electron chi connectivity index (χ3n) is 3.46. The lowest BCUT2D eigenvalue weighted by molar-refractivity contribution is -0.115. The fourth-order valence-electron chi connectivity index (χ4n) is 2.14. The standard InChI is InChI=1S/C18H18N2OS3/c1-12-4-3-5-15(8-12)19-17(21)13(2)23-10-16-11-24-18(20-16)14-6-7-22-9-14/h3-9,11,13H,10H2,1-2H3,(H,19,21). The topological polar surface area (TPSA) is 42.0 Å². The van der Waals surface area contributed by atoms with Gasteiger partial charge < -0.3 is 5.32 Å². The SMILES string of the molecule is Cc1cccc(NC(=O)C(C)SCc2csc(-c3ccsc3)n2)c1. The Labute approximate surface area is 154 Å². The number of aromatic nitrogens is 1.